The maximum Gasteiger partial charge on any atom is 0.329 e. The smallest absolute Gasteiger partial charge is 0.329 e. The average molecular weight is 442 g/mol. The number of nitrogens with one attached hydrogen (secondary N) is 1. The molecule has 0 saturated carbocycles. The minimum atomic E-state index is -0.421. The van der Waals surface area contributed by atoms with Crippen LogP contribution in [-0.2, 0) is 11.4 Å². The minimum absolute atomic E-state index is 0.215. The Balaban J connectivity index is 1.45. The summed E-state index contributed by atoms with van der Waals surface area (Å²) in [5.41, 5.74) is 2.44. The predicted octanol–water partition coefficient (Wildman–Crippen LogP) is 4.16. The molecule has 154 valence electrons. The third kappa shape index (κ3) is 4.37. The molecule has 2 heterocycles. The minimum Gasteiger partial charge on any atom is -0.387 e. The Labute approximate surface area is 182 Å². The lowest BCUT2D eigenvalue weighted by Gasteiger charge is -2.10. The van der Waals surface area contributed by atoms with Crippen molar-refractivity contribution in [2.24, 2.45) is 5.16 Å². The van der Waals surface area contributed by atoms with Gasteiger partial charge in [-0.15, -0.1) is 11.8 Å². The number of nitrogens with zero attached hydrogens (tertiary/aromatic N) is 2. The molecule has 0 bridgehead atoms. The molecule has 0 radical (unpaired) electrons. The number of hydrogen-bond donors (Lipinski definition) is 1. The molecule has 0 spiro atoms. The van der Waals surface area contributed by atoms with Crippen LogP contribution in [0.4, 0.5) is 0 Å². The maximum absolute atomic E-state index is 12.7. The van der Waals surface area contributed by atoms with Gasteiger partial charge in [-0.3, -0.25) is 9.36 Å². The fourth-order valence-corrected chi connectivity index (χ4v) is 4.48. The van der Waals surface area contributed by atoms with Crippen molar-refractivity contribution in [3.05, 3.63) is 97.1 Å². The van der Waals surface area contributed by atoms with Crippen LogP contribution in [-0.4, -0.2) is 21.0 Å². The van der Waals surface area contributed by atoms with Gasteiger partial charge in [0, 0.05) is 28.3 Å². The van der Waals surface area contributed by atoms with Crippen LogP contribution >= 0.6 is 23.4 Å². The van der Waals surface area contributed by atoms with Crippen molar-refractivity contribution in [3.63, 3.8) is 0 Å². The van der Waals surface area contributed by atoms with Crippen LogP contribution < -0.4 is 11.2 Å². The number of thioether (sulfide) groups is 1. The van der Waals surface area contributed by atoms with Gasteiger partial charge in [-0.2, -0.15) is 0 Å². The lowest BCUT2D eigenvalue weighted by Crippen LogP contribution is -2.37. The van der Waals surface area contributed by atoms with Crippen molar-refractivity contribution >= 4 is 29.1 Å². The highest BCUT2D eigenvalue weighted by atomic mass is 35.5. The Morgan fingerprint density at radius 1 is 1.17 bits per heavy atom. The molecule has 0 aliphatic carbocycles. The summed E-state index contributed by atoms with van der Waals surface area (Å²) in [6.07, 6.45) is 0.402. The van der Waals surface area contributed by atoms with Gasteiger partial charge in [-0.1, -0.05) is 65.3 Å². The zero-order valence-corrected chi connectivity index (χ0v) is 17.9. The molecule has 1 aliphatic heterocycles. The molecule has 1 N–H and O–H groups in total. The second kappa shape index (κ2) is 8.93. The van der Waals surface area contributed by atoms with E-state index >= 15 is 0 Å². The van der Waals surface area contributed by atoms with Crippen molar-refractivity contribution in [2.45, 2.75) is 31.0 Å². The summed E-state index contributed by atoms with van der Waals surface area (Å²) in [7, 11) is 0. The van der Waals surface area contributed by atoms with Gasteiger partial charge < -0.3 is 9.82 Å². The number of rotatable bonds is 6. The van der Waals surface area contributed by atoms with E-state index in [0.717, 1.165) is 16.8 Å². The van der Waals surface area contributed by atoms with Crippen LogP contribution in [0.25, 0.3) is 0 Å². The number of aromatic amines is 1. The second-order valence-electron chi connectivity index (χ2n) is 7.03. The Hall–Kier alpha value is -2.77. The molecule has 0 fully saturated rings. The van der Waals surface area contributed by atoms with Crippen LogP contribution in [0, 0.1) is 6.92 Å². The van der Waals surface area contributed by atoms with Crippen molar-refractivity contribution in [1.29, 1.82) is 0 Å². The number of aromatic nitrogens is 2. The molecular weight excluding hydrogens is 422 g/mol. The van der Waals surface area contributed by atoms with Gasteiger partial charge in [-0.05, 0) is 18.6 Å². The van der Waals surface area contributed by atoms with E-state index in [9.17, 15) is 9.59 Å². The molecular formula is C22H20ClN3O3S. The summed E-state index contributed by atoms with van der Waals surface area (Å²) < 4.78 is 1.22. The quantitative estimate of drug-likeness (QED) is 0.460. The molecule has 0 saturated heterocycles. The first kappa shape index (κ1) is 20.5. The fraction of sp³-hybridized carbons (Fsp3) is 0.227. The topological polar surface area (TPSA) is 76.4 Å². The van der Waals surface area contributed by atoms with E-state index in [1.165, 1.54) is 16.3 Å². The van der Waals surface area contributed by atoms with Crippen LogP contribution in [0.3, 0.4) is 0 Å². The monoisotopic (exact) mass is 441 g/mol. The van der Waals surface area contributed by atoms with E-state index in [1.54, 1.807) is 6.92 Å². The molecule has 0 amide bonds. The van der Waals surface area contributed by atoms with E-state index in [2.05, 4.69) is 10.1 Å². The van der Waals surface area contributed by atoms with Crippen molar-refractivity contribution in [3.8, 4) is 0 Å². The highest BCUT2D eigenvalue weighted by Crippen LogP contribution is 2.33. The van der Waals surface area contributed by atoms with Gasteiger partial charge in [0.15, 0.2) is 6.10 Å². The molecule has 8 heteroatoms. The predicted molar refractivity (Wildman–Crippen MR) is 120 cm³/mol. The molecule has 6 nitrogen and oxygen atoms in total. The number of hydrogen-bond acceptors (Lipinski definition) is 5. The van der Waals surface area contributed by atoms with E-state index in [4.69, 9.17) is 16.4 Å². The van der Waals surface area contributed by atoms with Gasteiger partial charge >= 0.3 is 5.69 Å². The Morgan fingerprint density at radius 3 is 2.67 bits per heavy atom. The third-order valence-corrected chi connectivity index (χ3v) is 6.44. The number of halogens is 1. The second-order valence-corrected chi connectivity index (χ2v) is 8.42. The van der Waals surface area contributed by atoms with Crippen molar-refractivity contribution < 1.29 is 4.84 Å². The summed E-state index contributed by atoms with van der Waals surface area (Å²) in [6, 6.07) is 17.0. The first-order chi connectivity index (χ1) is 14.5. The first-order valence-corrected chi connectivity index (χ1v) is 10.9. The van der Waals surface area contributed by atoms with Crippen LogP contribution in [0.15, 0.2) is 74.4 Å². The fourth-order valence-electron chi connectivity index (χ4n) is 3.27. The maximum atomic E-state index is 12.7. The van der Waals surface area contributed by atoms with E-state index < -0.39 is 5.69 Å². The molecule has 4 rings (SSSR count). The van der Waals surface area contributed by atoms with Gasteiger partial charge in [0.05, 0.1) is 17.3 Å². The third-order valence-electron chi connectivity index (χ3n) is 4.92. The van der Waals surface area contributed by atoms with E-state index in [1.807, 2.05) is 54.6 Å². The summed E-state index contributed by atoms with van der Waals surface area (Å²) >= 11 is 7.62. The molecule has 1 atom stereocenters. The number of oxime groups is 1. The Kier molecular flexibility index (Phi) is 6.11. The zero-order valence-electron chi connectivity index (χ0n) is 16.3. The normalized spacial score (nSPS) is 15.7. The van der Waals surface area contributed by atoms with Crippen molar-refractivity contribution in [2.75, 3.05) is 5.75 Å². The molecule has 1 aromatic heterocycles. The lowest BCUT2D eigenvalue weighted by atomic mass is 10.1. The molecule has 3 aromatic rings. The van der Waals surface area contributed by atoms with E-state index in [0.29, 0.717) is 27.8 Å². The van der Waals surface area contributed by atoms with Crippen LogP contribution in [0.1, 0.15) is 29.2 Å². The Morgan fingerprint density at radius 2 is 1.90 bits per heavy atom. The first-order valence-electron chi connectivity index (χ1n) is 9.49. The zero-order chi connectivity index (χ0) is 21.1. The number of benzene rings is 2. The molecule has 1 aliphatic rings. The summed E-state index contributed by atoms with van der Waals surface area (Å²) in [5, 5.41) is 5.36. The van der Waals surface area contributed by atoms with Gasteiger partial charge in [0.1, 0.15) is 0 Å². The van der Waals surface area contributed by atoms with Crippen LogP contribution in [0.5, 0.6) is 0 Å². The molecule has 2 aromatic carbocycles. The van der Waals surface area contributed by atoms with Gasteiger partial charge in [-0.25, -0.2) is 4.79 Å². The summed E-state index contributed by atoms with van der Waals surface area (Å²) in [4.78, 5) is 33.6. The molecule has 30 heavy (non-hydrogen) atoms. The molecule has 1 unspecified atom stereocenters. The summed E-state index contributed by atoms with van der Waals surface area (Å²) in [6.45, 7) is 1.96. The standard InChI is InChI=1S/C22H20ClN3O3S/c1-14-20(24-22(28)26(21(14)27)12-15-7-3-2-4-8-15)30-13-16-11-19(29-25-16)17-9-5-6-10-18(17)23/h2-10,19H,11-13H2,1H3,(H,24,28). The van der Waals surface area contributed by atoms with E-state index in [-0.39, 0.29) is 18.2 Å². The van der Waals surface area contributed by atoms with Gasteiger partial charge in [0.2, 0.25) is 0 Å². The van der Waals surface area contributed by atoms with Crippen molar-refractivity contribution in [1.82, 2.24) is 9.55 Å². The largest absolute Gasteiger partial charge is 0.387 e. The average Bonchev–Trinajstić information content (AvgIpc) is 3.22. The summed E-state index contributed by atoms with van der Waals surface area (Å²) in [5.74, 6) is 0.514. The van der Waals surface area contributed by atoms with Gasteiger partial charge in [0.25, 0.3) is 5.56 Å². The number of H-pyrrole nitrogens is 1. The Bertz CT molecular complexity index is 1200. The highest BCUT2D eigenvalue weighted by Gasteiger charge is 2.25. The highest BCUT2D eigenvalue weighted by molar-refractivity contribution is 8.00. The lowest BCUT2D eigenvalue weighted by molar-refractivity contribution is 0.0858. The SMILES string of the molecule is Cc1c(SCC2=NOC(c3ccccc3Cl)C2)[nH]c(=O)n(Cc2ccccc2)c1=O. The van der Waals surface area contributed by atoms with Crippen LogP contribution in [0.2, 0.25) is 5.02 Å².